The van der Waals surface area contributed by atoms with Gasteiger partial charge in [-0.15, -0.1) is 11.3 Å². The van der Waals surface area contributed by atoms with E-state index in [1.165, 1.54) is 16.7 Å². The zero-order chi connectivity index (χ0) is 14.1. The lowest BCUT2D eigenvalue weighted by Gasteiger charge is -2.05. The third-order valence-corrected chi connectivity index (χ3v) is 4.97. The zero-order valence-electron chi connectivity index (χ0n) is 11.5. The number of aryl methyl sites for hydroxylation is 2. The summed E-state index contributed by atoms with van der Waals surface area (Å²) in [5, 5.41) is 12.5. The summed E-state index contributed by atoms with van der Waals surface area (Å²) in [6.07, 6.45) is 1.96. The van der Waals surface area contributed by atoms with Crippen molar-refractivity contribution in [3.8, 4) is 0 Å². The highest BCUT2D eigenvalue weighted by Gasteiger charge is 2.12. The molecular weight excluding hydrogens is 288 g/mol. The molecule has 3 aromatic rings. The van der Waals surface area contributed by atoms with Gasteiger partial charge in [-0.25, -0.2) is 4.98 Å². The lowest BCUT2D eigenvalue weighted by molar-refractivity contribution is 0.272. The first-order valence-electron chi connectivity index (χ1n) is 6.42. The Morgan fingerprint density at radius 3 is 2.70 bits per heavy atom. The fourth-order valence-electron chi connectivity index (χ4n) is 2.38. The van der Waals surface area contributed by atoms with Crippen molar-refractivity contribution in [1.82, 2.24) is 9.38 Å². The third kappa shape index (κ3) is 2.61. The van der Waals surface area contributed by atoms with E-state index in [9.17, 15) is 5.11 Å². The van der Waals surface area contributed by atoms with E-state index in [2.05, 4.69) is 37.0 Å². The highest BCUT2D eigenvalue weighted by molar-refractivity contribution is 7.98. The molecule has 0 aliphatic rings. The Morgan fingerprint density at radius 1 is 1.25 bits per heavy atom. The second kappa shape index (κ2) is 5.60. The Balaban J connectivity index is 1.84. The normalized spacial score (nSPS) is 11.3. The van der Waals surface area contributed by atoms with E-state index in [4.69, 9.17) is 0 Å². The van der Waals surface area contributed by atoms with Crippen molar-refractivity contribution >= 4 is 28.1 Å². The number of fused-ring (bicyclic) bond motifs is 1. The molecule has 20 heavy (non-hydrogen) atoms. The fourth-order valence-corrected chi connectivity index (χ4v) is 4.12. The van der Waals surface area contributed by atoms with Gasteiger partial charge in [0.05, 0.1) is 12.3 Å². The molecule has 0 amide bonds. The fraction of sp³-hybridized carbons (Fsp3) is 0.267. The van der Waals surface area contributed by atoms with Crippen LogP contribution in [0.25, 0.3) is 4.96 Å². The second-order valence-electron chi connectivity index (χ2n) is 4.86. The Morgan fingerprint density at radius 2 is 2.00 bits per heavy atom. The van der Waals surface area contributed by atoms with Crippen molar-refractivity contribution in [3.05, 3.63) is 52.2 Å². The molecule has 2 heterocycles. The van der Waals surface area contributed by atoms with Gasteiger partial charge in [0.15, 0.2) is 4.96 Å². The largest absolute Gasteiger partial charge is 0.390 e. The summed E-state index contributed by atoms with van der Waals surface area (Å²) in [6, 6.07) is 6.59. The van der Waals surface area contributed by atoms with E-state index >= 15 is 0 Å². The standard InChI is InChI=1S/C15H16N2OS2/c1-10-5-11(2)7-12(6-10)9-20-14-13(8-18)17-3-4-19-15(17)16-14/h3-7,18H,8-9H2,1-2H3. The average molecular weight is 304 g/mol. The molecule has 0 atom stereocenters. The number of benzene rings is 1. The van der Waals surface area contributed by atoms with Crippen LogP contribution in [0.4, 0.5) is 0 Å². The van der Waals surface area contributed by atoms with Crippen LogP contribution >= 0.6 is 23.1 Å². The minimum absolute atomic E-state index is 0.0209. The van der Waals surface area contributed by atoms with E-state index in [-0.39, 0.29) is 6.61 Å². The Bertz CT molecular complexity index is 725. The number of nitrogens with zero attached hydrogens (tertiary/aromatic N) is 2. The summed E-state index contributed by atoms with van der Waals surface area (Å²) in [6.45, 7) is 4.26. The summed E-state index contributed by atoms with van der Waals surface area (Å²) in [7, 11) is 0. The molecular formula is C15H16N2OS2. The first-order valence-corrected chi connectivity index (χ1v) is 8.29. The first-order chi connectivity index (χ1) is 9.67. The number of aromatic nitrogens is 2. The van der Waals surface area contributed by atoms with Crippen LogP contribution in [0.15, 0.2) is 34.8 Å². The van der Waals surface area contributed by atoms with Crippen LogP contribution in [0.1, 0.15) is 22.4 Å². The van der Waals surface area contributed by atoms with Crippen LogP contribution in [-0.4, -0.2) is 14.5 Å². The molecule has 0 unspecified atom stereocenters. The van der Waals surface area contributed by atoms with E-state index in [0.29, 0.717) is 0 Å². The molecule has 1 aromatic carbocycles. The Labute approximate surface area is 126 Å². The van der Waals surface area contributed by atoms with E-state index < -0.39 is 0 Å². The van der Waals surface area contributed by atoms with Gasteiger partial charge in [-0.2, -0.15) is 0 Å². The number of aliphatic hydroxyl groups excluding tert-OH is 1. The molecule has 1 N–H and O–H groups in total. The highest BCUT2D eigenvalue weighted by Crippen LogP contribution is 2.29. The second-order valence-corrected chi connectivity index (χ2v) is 6.70. The Kier molecular flexibility index (Phi) is 3.83. The van der Waals surface area contributed by atoms with Crippen molar-refractivity contribution in [1.29, 1.82) is 0 Å². The van der Waals surface area contributed by atoms with E-state index in [0.717, 1.165) is 21.4 Å². The van der Waals surface area contributed by atoms with Crippen molar-refractivity contribution < 1.29 is 5.11 Å². The molecule has 0 aliphatic carbocycles. The molecule has 0 aliphatic heterocycles. The summed E-state index contributed by atoms with van der Waals surface area (Å²) in [5.74, 6) is 0.875. The molecule has 5 heteroatoms. The van der Waals surface area contributed by atoms with Crippen LogP contribution in [0.3, 0.4) is 0 Å². The minimum atomic E-state index is 0.0209. The molecule has 3 nitrogen and oxygen atoms in total. The van der Waals surface area contributed by atoms with Gasteiger partial charge in [-0.1, -0.05) is 41.1 Å². The van der Waals surface area contributed by atoms with Crippen LogP contribution in [0, 0.1) is 13.8 Å². The summed E-state index contributed by atoms with van der Waals surface area (Å²) < 4.78 is 1.97. The van der Waals surface area contributed by atoms with Crippen LogP contribution in [0.2, 0.25) is 0 Å². The first kappa shape index (κ1) is 13.7. The van der Waals surface area contributed by atoms with Gasteiger partial charge >= 0.3 is 0 Å². The lowest BCUT2D eigenvalue weighted by Crippen LogP contribution is -1.92. The van der Waals surface area contributed by atoms with Gasteiger partial charge in [-0.05, 0) is 19.4 Å². The topological polar surface area (TPSA) is 37.5 Å². The molecule has 104 valence electrons. The van der Waals surface area contributed by atoms with Crippen molar-refractivity contribution in [3.63, 3.8) is 0 Å². The number of thioether (sulfide) groups is 1. The molecule has 0 radical (unpaired) electrons. The van der Waals surface area contributed by atoms with Gasteiger partial charge in [0.1, 0.15) is 5.03 Å². The zero-order valence-corrected chi connectivity index (χ0v) is 13.1. The SMILES string of the molecule is Cc1cc(C)cc(CSc2nc3sccn3c2CO)c1. The maximum atomic E-state index is 9.54. The van der Waals surface area contributed by atoms with Crippen molar-refractivity contribution in [2.24, 2.45) is 0 Å². The highest BCUT2D eigenvalue weighted by atomic mass is 32.2. The van der Waals surface area contributed by atoms with E-state index in [1.807, 2.05) is 16.0 Å². The van der Waals surface area contributed by atoms with Gasteiger partial charge in [0.2, 0.25) is 0 Å². The maximum Gasteiger partial charge on any atom is 0.195 e. The number of hydrogen-bond acceptors (Lipinski definition) is 4. The molecule has 2 aromatic heterocycles. The van der Waals surface area contributed by atoms with Crippen molar-refractivity contribution in [2.75, 3.05) is 0 Å². The van der Waals surface area contributed by atoms with Gasteiger partial charge in [-0.3, -0.25) is 4.40 Å². The van der Waals surface area contributed by atoms with Crippen molar-refractivity contribution in [2.45, 2.75) is 31.2 Å². The quantitative estimate of drug-likeness (QED) is 0.745. The maximum absolute atomic E-state index is 9.54. The monoisotopic (exact) mass is 304 g/mol. The third-order valence-electron chi connectivity index (χ3n) is 3.13. The van der Waals surface area contributed by atoms with Gasteiger partial charge < -0.3 is 5.11 Å². The van der Waals surface area contributed by atoms with Crippen LogP contribution in [-0.2, 0) is 12.4 Å². The molecule has 3 rings (SSSR count). The summed E-state index contributed by atoms with van der Waals surface area (Å²) >= 11 is 3.28. The Hall–Kier alpha value is -1.30. The molecule has 0 saturated carbocycles. The number of hydrogen-bond donors (Lipinski definition) is 1. The number of rotatable bonds is 4. The average Bonchev–Trinajstić information content (AvgIpc) is 2.94. The molecule has 0 bridgehead atoms. The van der Waals surface area contributed by atoms with Gasteiger partial charge in [0.25, 0.3) is 0 Å². The predicted molar refractivity (Wildman–Crippen MR) is 84.5 cm³/mol. The summed E-state index contributed by atoms with van der Waals surface area (Å²) in [4.78, 5) is 5.53. The van der Waals surface area contributed by atoms with Crippen LogP contribution in [0.5, 0.6) is 0 Å². The summed E-state index contributed by atoms with van der Waals surface area (Å²) in [5.41, 5.74) is 4.76. The number of aliphatic hydroxyl groups is 1. The van der Waals surface area contributed by atoms with E-state index in [1.54, 1.807) is 23.1 Å². The smallest absolute Gasteiger partial charge is 0.195 e. The number of thiazole rings is 1. The predicted octanol–water partition coefficient (Wildman–Crippen LogP) is 3.80. The molecule has 0 saturated heterocycles. The minimum Gasteiger partial charge on any atom is -0.390 e. The molecule has 0 fully saturated rings. The molecule has 0 spiro atoms. The van der Waals surface area contributed by atoms with Gasteiger partial charge in [0, 0.05) is 17.3 Å². The lowest BCUT2D eigenvalue weighted by atomic mass is 10.1. The number of imidazole rings is 1. The van der Waals surface area contributed by atoms with Crippen LogP contribution < -0.4 is 0 Å².